The van der Waals surface area contributed by atoms with Gasteiger partial charge in [-0.15, -0.1) is 0 Å². The van der Waals surface area contributed by atoms with E-state index in [0.29, 0.717) is 32.9 Å². The van der Waals surface area contributed by atoms with Gasteiger partial charge in [0.2, 0.25) is 5.88 Å². The van der Waals surface area contributed by atoms with Crippen molar-refractivity contribution in [1.82, 2.24) is 15.0 Å². The normalized spacial score (nSPS) is 10.6. The second-order valence-corrected chi connectivity index (χ2v) is 6.89. The Morgan fingerprint density at radius 2 is 1.77 bits per heavy atom. The maximum absolute atomic E-state index is 12.5. The Balaban J connectivity index is 1.56. The number of aromatic hydroxyl groups is 1. The number of carbonyl (C=O) groups is 1. The molecule has 0 spiro atoms. The molecule has 152 valence electrons. The summed E-state index contributed by atoms with van der Waals surface area (Å²) in [4.78, 5) is 25.7. The molecular formula is C20H16N4O5S. The monoisotopic (exact) mass is 424 g/mol. The van der Waals surface area contributed by atoms with Gasteiger partial charge in [-0.1, -0.05) is 23.5 Å². The zero-order valence-corrected chi connectivity index (χ0v) is 16.8. The highest BCUT2D eigenvalue weighted by molar-refractivity contribution is 7.22. The van der Waals surface area contributed by atoms with Crippen LogP contribution in [0, 0.1) is 0 Å². The molecule has 0 fully saturated rings. The van der Waals surface area contributed by atoms with Gasteiger partial charge in [0.15, 0.2) is 33.8 Å². The summed E-state index contributed by atoms with van der Waals surface area (Å²) >= 11 is 1.16. The first-order valence-corrected chi connectivity index (χ1v) is 9.52. The van der Waals surface area contributed by atoms with Crippen LogP contribution in [0.15, 0.2) is 48.7 Å². The number of carbonyl (C=O) groups excluding carboxylic acids is 1. The molecule has 0 aliphatic heterocycles. The van der Waals surface area contributed by atoms with Crippen molar-refractivity contribution in [3.8, 4) is 28.9 Å². The molecule has 30 heavy (non-hydrogen) atoms. The van der Waals surface area contributed by atoms with Gasteiger partial charge in [0.05, 0.1) is 14.2 Å². The second kappa shape index (κ2) is 8.21. The lowest BCUT2D eigenvalue weighted by molar-refractivity contribution is 0.101. The van der Waals surface area contributed by atoms with Crippen molar-refractivity contribution < 1.29 is 24.1 Å². The van der Waals surface area contributed by atoms with Gasteiger partial charge in [-0.2, -0.15) is 0 Å². The third kappa shape index (κ3) is 3.80. The van der Waals surface area contributed by atoms with Crippen LogP contribution < -0.4 is 19.5 Å². The molecule has 0 aliphatic rings. The number of benzene rings is 1. The minimum Gasteiger partial charge on any atom is -0.503 e. The third-order valence-corrected chi connectivity index (χ3v) is 4.94. The average Bonchev–Trinajstić information content (AvgIpc) is 3.15. The number of nitrogens with one attached hydrogen (secondary N) is 1. The van der Waals surface area contributed by atoms with Gasteiger partial charge in [-0.05, 0) is 18.2 Å². The molecule has 4 rings (SSSR count). The molecule has 0 aliphatic carbocycles. The Morgan fingerprint density at radius 3 is 2.53 bits per heavy atom. The molecule has 2 N–H and O–H groups in total. The van der Waals surface area contributed by atoms with E-state index in [-0.39, 0.29) is 17.2 Å². The molecule has 10 heteroatoms. The smallest absolute Gasteiger partial charge is 0.280 e. The van der Waals surface area contributed by atoms with Gasteiger partial charge in [0.1, 0.15) is 10.3 Å². The molecule has 0 saturated heterocycles. The van der Waals surface area contributed by atoms with Gasteiger partial charge in [-0.3, -0.25) is 10.1 Å². The fraction of sp³-hybridized carbons (Fsp3) is 0.100. The topological polar surface area (TPSA) is 116 Å². The Kier molecular flexibility index (Phi) is 5.31. The van der Waals surface area contributed by atoms with Gasteiger partial charge in [0, 0.05) is 18.3 Å². The molecule has 3 heterocycles. The molecule has 9 nitrogen and oxygen atoms in total. The molecule has 0 atom stereocenters. The number of methoxy groups -OCH3 is 2. The number of hydrogen-bond acceptors (Lipinski definition) is 9. The van der Waals surface area contributed by atoms with Crippen molar-refractivity contribution in [2.45, 2.75) is 0 Å². The predicted molar refractivity (Wildman–Crippen MR) is 111 cm³/mol. The van der Waals surface area contributed by atoms with E-state index in [2.05, 4.69) is 20.3 Å². The van der Waals surface area contributed by atoms with E-state index >= 15 is 0 Å². The standard InChI is InChI=1S/C20H16N4O5S/c1-27-12-5-3-4-6-13(12)29-15-8-7-11-19(23-15)30-20(22-11)24-18(26)16-17(25)14(28-2)9-10-21-16/h3-10,25H,1-2H3,(H,22,24,26). The Labute approximate surface area is 174 Å². The number of rotatable bonds is 6. The number of pyridine rings is 2. The van der Waals surface area contributed by atoms with E-state index in [1.54, 1.807) is 31.4 Å². The fourth-order valence-corrected chi connectivity index (χ4v) is 3.47. The van der Waals surface area contributed by atoms with Crippen LogP contribution in [-0.2, 0) is 0 Å². The maximum Gasteiger partial charge on any atom is 0.280 e. The van der Waals surface area contributed by atoms with Crippen LogP contribution in [0.2, 0.25) is 0 Å². The van der Waals surface area contributed by atoms with Crippen molar-refractivity contribution in [1.29, 1.82) is 0 Å². The van der Waals surface area contributed by atoms with Crippen molar-refractivity contribution in [3.63, 3.8) is 0 Å². The summed E-state index contributed by atoms with van der Waals surface area (Å²) < 4.78 is 16.1. The lowest BCUT2D eigenvalue weighted by Gasteiger charge is -2.08. The first-order chi connectivity index (χ1) is 14.6. The number of aromatic nitrogens is 3. The molecule has 0 radical (unpaired) electrons. The number of amides is 1. The maximum atomic E-state index is 12.5. The first kappa shape index (κ1) is 19.4. The van der Waals surface area contributed by atoms with Crippen molar-refractivity contribution in [2.24, 2.45) is 0 Å². The van der Waals surface area contributed by atoms with E-state index in [1.165, 1.54) is 19.4 Å². The number of fused-ring (bicyclic) bond motifs is 1. The number of nitrogens with zero attached hydrogens (tertiary/aromatic N) is 3. The minimum atomic E-state index is -0.615. The zero-order valence-electron chi connectivity index (χ0n) is 15.9. The highest BCUT2D eigenvalue weighted by Gasteiger charge is 2.18. The fourth-order valence-electron chi connectivity index (χ4n) is 2.65. The van der Waals surface area contributed by atoms with E-state index in [1.807, 2.05) is 12.1 Å². The Bertz CT molecular complexity index is 1230. The number of hydrogen-bond donors (Lipinski definition) is 2. The van der Waals surface area contributed by atoms with E-state index < -0.39 is 5.91 Å². The Hall–Kier alpha value is -3.92. The zero-order chi connectivity index (χ0) is 21.1. The third-order valence-electron chi connectivity index (χ3n) is 4.06. The van der Waals surface area contributed by atoms with Crippen LogP contribution in [0.5, 0.6) is 28.9 Å². The molecule has 4 aromatic rings. The van der Waals surface area contributed by atoms with E-state index in [4.69, 9.17) is 14.2 Å². The van der Waals surface area contributed by atoms with Crippen LogP contribution in [0.4, 0.5) is 5.13 Å². The molecule has 1 amide bonds. The van der Waals surface area contributed by atoms with Crippen molar-refractivity contribution in [2.75, 3.05) is 19.5 Å². The summed E-state index contributed by atoms with van der Waals surface area (Å²) in [5.74, 6) is 0.673. The van der Waals surface area contributed by atoms with Crippen molar-refractivity contribution in [3.05, 3.63) is 54.4 Å². The van der Waals surface area contributed by atoms with Gasteiger partial charge in [-0.25, -0.2) is 15.0 Å². The summed E-state index contributed by atoms with van der Waals surface area (Å²) in [5, 5.41) is 13.0. The van der Waals surface area contributed by atoms with Crippen LogP contribution in [0.25, 0.3) is 10.3 Å². The highest BCUT2D eigenvalue weighted by Crippen LogP contribution is 2.33. The quantitative estimate of drug-likeness (QED) is 0.479. The van der Waals surface area contributed by atoms with Crippen LogP contribution in [0.3, 0.4) is 0 Å². The number of para-hydroxylation sites is 2. The van der Waals surface area contributed by atoms with Crippen LogP contribution in [-0.4, -0.2) is 40.2 Å². The molecular weight excluding hydrogens is 408 g/mol. The first-order valence-electron chi connectivity index (χ1n) is 8.71. The van der Waals surface area contributed by atoms with E-state index in [0.717, 1.165) is 11.3 Å². The number of anilines is 1. The molecule has 1 aromatic carbocycles. The SMILES string of the molecule is COc1ccccc1Oc1ccc2nc(NC(=O)c3nccc(OC)c3O)sc2n1. The summed E-state index contributed by atoms with van der Waals surface area (Å²) in [7, 11) is 2.95. The van der Waals surface area contributed by atoms with Gasteiger partial charge < -0.3 is 19.3 Å². The summed E-state index contributed by atoms with van der Waals surface area (Å²) in [6.45, 7) is 0. The summed E-state index contributed by atoms with van der Waals surface area (Å²) in [5.41, 5.74) is 0.423. The van der Waals surface area contributed by atoms with Gasteiger partial charge >= 0.3 is 0 Å². The van der Waals surface area contributed by atoms with Gasteiger partial charge in [0.25, 0.3) is 5.91 Å². The molecule has 3 aromatic heterocycles. The lowest BCUT2D eigenvalue weighted by atomic mass is 10.3. The van der Waals surface area contributed by atoms with E-state index in [9.17, 15) is 9.90 Å². The largest absolute Gasteiger partial charge is 0.503 e. The second-order valence-electron chi connectivity index (χ2n) is 5.91. The van der Waals surface area contributed by atoms with Crippen LogP contribution in [0.1, 0.15) is 10.5 Å². The lowest BCUT2D eigenvalue weighted by Crippen LogP contribution is -2.13. The molecule has 0 unspecified atom stereocenters. The number of thiazole rings is 1. The van der Waals surface area contributed by atoms with Crippen molar-refractivity contribution >= 4 is 32.7 Å². The average molecular weight is 424 g/mol. The summed E-state index contributed by atoms with van der Waals surface area (Å²) in [6, 6.07) is 12.1. The minimum absolute atomic E-state index is 0.152. The predicted octanol–water partition coefficient (Wildman–Crippen LogP) is 3.85. The number of ether oxygens (including phenoxy) is 3. The Morgan fingerprint density at radius 1 is 1.00 bits per heavy atom. The highest BCUT2D eigenvalue weighted by atomic mass is 32.1. The summed E-state index contributed by atoms with van der Waals surface area (Å²) in [6.07, 6.45) is 1.37. The van der Waals surface area contributed by atoms with Crippen LogP contribution >= 0.6 is 11.3 Å². The molecule has 0 bridgehead atoms. The molecule has 0 saturated carbocycles.